The predicted molar refractivity (Wildman–Crippen MR) is 92.1 cm³/mol. The lowest BCUT2D eigenvalue weighted by atomic mass is 9.95. The highest BCUT2D eigenvalue weighted by Crippen LogP contribution is 2.24. The van der Waals surface area contributed by atoms with E-state index in [-0.39, 0.29) is 24.4 Å². The van der Waals surface area contributed by atoms with E-state index in [4.69, 9.17) is 0 Å². The van der Waals surface area contributed by atoms with Gasteiger partial charge in [0, 0.05) is 15.5 Å². The number of aryl methyl sites for hydroxylation is 1. The molecule has 0 radical (unpaired) electrons. The van der Waals surface area contributed by atoms with E-state index in [0.717, 1.165) is 24.8 Å². The highest BCUT2D eigenvalue weighted by atomic mass is 127. The molecule has 114 valence electrons. The lowest BCUT2D eigenvalue weighted by Crippen LogP contribution is -2.48. The molecule has 4 nitrogen and oxygen atoms in total. The Morgan fingerprint density at radius 1 is 1.19 bits per heavy atom. The maximum absolute atomic E-state index is 12.0. The minimum atomic E-state index is -0.246. The Morgan fingerprint density at radius 3 is 2.52 bits per heavy atom. The van der Waals surface area contributed by atoms with Crippen molar-refractivity contribution < 1.29 is 9.59 Å². The van der Waals surface area contributed by atoms with Crippen LogP contribution in [0, 0.1) is 6.92 Å². The van der Waals surface area contributed by atoms with Gasteiger partial charge >= 0.3 is 6.03 Å². The Bertz CT molecular complexity index is 502. The standard InChI is InChI=1S/C16H21IN2O2/c1-11-6-8-12(9-7-11)15(20)10-18-16(21)19-14-5-3-2-4-13(14)17/h6-9,13-14H,2-5,10H2,1H3,(H2,18,19,21)/t13-,14-/m1/s1. The fourth-order valence-electron chi connectivity index (χ4n) is 2.47. The van der Waals surface area contributed by atoms with E-state index in [1.54, 1.807) is 12.1 Å². The number of Topliss-reactive ketones (excluding diaryl/α,β-unsaturated/α-hetero) is 1. The first-order chi connectivity index (χ1) is 10.1. The number of hydrogen-bond acceptors (Lipinski definition) is 2. The Labute approximate surface area is 139 Å². The molecule has 1 aromatic carbocycles. The number of nitrogens with one attached hydrogen (secondary N) is 2. The van der Waals surface area contributed by atoms with Crippen molar-refractivity contribution in [2.45, 2.75) is 42.6 Å². The number of benzene rings is 1. The second kappa shape index (κ2) is 7.77. The summed E-state index contributed by atoms with van der Waals surface area (Å²) in [6.45, 7) is 2.01. The molecule has 5 heteroatoms. The summed E-state index contributed by atoms with van der Waals surface area (Å²) in [6, 6.07) is 7.35. The van der Waals surface area contributed by atoms with Gasteiger partial charge in [0.25, 0.3) is 0 Å². The van der Waals surface area contributed by atoms with Gasteiger partial charge in [-0.3, -0.25) is 4.79 Å². The maximum atomic E-state index is 12.0. The number of alkyl halides is 1. The zero-order chi connectivity index (χ0) is 15.2. The highest BCUT2D eigenvalue weighted by Gasteiger charge is 2.24. The van der Waals surface area contributed by atoms with Crippen molar-refractivity contribution in [2.75, 3.05) is 6.54 Å². The number of halogens is 1. The third kappa shape index (κ3) is 4.98. The third-order valence-corrected chi connectivity index (χ3v) is 5.27. The summed E-state index contributed by atoms with van der Waals surface area (Å²) in [6.07, 6.45) is 4.56. The van der Waals surface area contributed by atoms with Crippen molar-refractivity contribution in [3.05, 3.63) is 35.4 Å². The Morgan fingerprint density at radius 2 is 1.86 bits per heavy atom. The predicted octanol–water partition coefficient (Wildman–Crippen LogP) is 3.22. The van der Waals surface area contributed by atoms with Crippen LogP contribution in [0.15, 0.2) is 24.3 Å². The van der Waals surface area contributed by atoms with Gasteiger partial charge in [0.1, 0.15) is 0 Å². The smallest absolute Gasteiger partial charge is 0.315 e. The first-order valence-electron chi connectivity index (χ1n) is 7.34. The number of hydrogen-bond donors (Lipinski definition) is 2. The zero-order valence-corrected chi connectivity index (χ0v) is 14.4. The van der Waals surface area contributed by atoms with Crippen LogP contribution in [0.25, 0.3) is 0 Å². The summed E-state index contributed by atoms with van der Waals surface area (Å²) >= 11 is 2.40. The average molecular weight is 400 g/mol. The molecule has 0 aliphatic heterocycles. The SMILES string of the molecule is Cc1ccc(C(=O)CNC(=O)N[C@@H]2CCCC[C@H]2I)cc1. The Hall–Kier alpha value is -1.11. The largest absolute Gasteiger partial charge is 0.334 e. The van der Waals surface area contributed by atoms with Crippen molar-refractivity contribution in [1.82, 2.24) is 10.6 Å². The van der Waals surface area contributed by atoms with E-state index in [9.17, 15) is 9.59 Å². The molecule has 1 aliphatic rings. The van der Waals surface area contributed by atoms with Crippen LogP contribution in [-0.2, 0) is 0 Å². The van der Waals surface area contributed by atoms with E-state index in [2.05, 4.69) is 33.2 Å². The second-order valence-electron chi connectivity index (χ2n) is 5.52. The van der Waals surface area contributed by atoms with Crippen molar-refractivity contribution in [3.63, 3.8) is 0 Å². The lowest BCUT2D eigenvalue weighted by Gasteiger charge is -2.28. The van der Waals surface area contributed by atoms with Gasteiger partial charge in [-0.2, -0.15) is 0 Å². The molecule has 0 unspecified atom stereocenters. The van der Waals surface area contributed by atoms with Crippen molar-refractivity contribution in [3.8, 4) is 0 Å². The van der Waals surface area contributed by atoms with Gasteiger partial charge < -0.3 is 10.6 Å². The van der Waals surface area contributed by atoms with E-state index < -0.39 is 0 Å². The molecule has 0 bridgehead atoms. The van der Waals surface area contributed by atoms with Gasteiger partial charge in [0.15, 0.2) is 5.78 Å². The highest BCUT2D eigenvalue weighted by molar-refractivity contribution is 14.1. The summed E-state index contributed by atoms with van der Waals surface area (Å²) in [4.78, 5) is 23.8. The van der Waals surface area contributed by atoms with Crippen LogP contribution in [0.4, 0.5) is 4.79 Å². The van der Waals surface area contributed by atoms with Crippen LogP contribution in [0.1, 0.15) is 41.6 Å². The molecule has 0 spiro atoms. The van der Waals surface area contributed by atoms with E-state index in [0.29, 0.717) is 9.49 Å². The Kier molecular flexibility index (Phi) is 6.02. The summed E-state index contributed by atoms with van der Waals surface area (Å²) < 4.78 is 0.481. The van der Waals surface area contributed by atoms with Crippen molar-refractivity contribution in [2.24, 2.45) is 0 Å². The number of urea groups is 1. The molecule has 0 heterocycles. The first-order valence-corrected chi connectivity index (χ1v) is 8.59. The van der Waals surface area contributed by atoms with Crippen molar-refractivity contribution >= 4 is 34.4 Å². The van der Waals surface area contributed by atoms with Gasteiger partial charge in [0.2, 0.25) is 0 Å². The molecule has 0 saturated heterocycles. The van der Waals surface area contributed by atoms with Gasteiger partial charge in [-0.15, -0.1) is 0 Å². The minimum absolute atomic E-state index is 0.0352. The average Bonchev–Trinajstić information content (AvgIpc) is 2.48. The number of rotatable bonds is 4. The second-order valence-corrected chi connectivity index (χ2v) is 7.12. The molecule has 2 rings (SSSR count). The molecule has 0 aromatic heterocycles. The molecule has 2 atom stereocenters. The number of amides is 2. The first kappa shape index (κ1) is 16.3. The molecule has 1 aromatic rings. The molecule has 2 amide bonds. The lowest BCUT2D eigenvalue weighted by molar-refractivity contribution is 0.0992. The fourth-order valence-corrected chi connectivity index (χ4v) is 3.45. The third-order valence-electron chi connectivity index (χ3n) is 3.78. The molecule has 21 heavy (non-hydrogen) atoms. The van der Waals surface area contributed by atoms with E-state index in [1.807, 2.05) is 19.1 Å². The molecular weight excluding hydrogens is 379 g/mol. The van der Waals surface area contributed by atoms with Gasteiger partial charge in [-0.25, -0.2) is 4.79 Å². The number of ketones is 1. The topological polar surface area (TPSA) is 58.2 Å². The van der Waals surface area contributed by atoms with Crippen LogP contribution >= 0.6 is 22.6 Å². The quantitative estimate of drug-likeness (QED) is 0.463. The summed E-state index contributed by atoms with van der Waals surface area (Å²) in [5, 5.41) is 5.64. The normalized spacial score (nSPS) is 21.6. The van der Waals surface area contributed by atoms with E-state index >= 15 is 0 Å². The minimum Gasteiger partial charge on any atom is -0.334 e. The summed E-state index contributed by atoms with van der Waals surface area (Å²) in [5.41, 5.74) is 1.74. The molecule has 1 aliphatic carbocycles. The fraction of sp³-hybridized carbons (Fsp3) is 0.500. The van der Waals surface area contributed by atoms with Crippen LogP contribution in [0.2, 0.25) is 0 Å². The molecular formula is C16H21IN2O2. The van der Waals surface area contributed by atoms with Gasteiger partial charge in [-0.05, 0) is 19.8 Å². The van der Waals surface area contributed by atoms with Gasteiger partial charge in [0.05, 0.1) is 6.54 Å². The molecule has 1 fully saturated rings. The molecule has 1 saturated carbocycles. The Balaban J connectivity index is 1.78. The summed E-state index contributed by atoms with van der Waals surface area (Å²) in [7, 11) is 0. The van der Waals surface area contributed by atoms with Crippen LogP contribution in [0.5, 0.6) is 0 Å². The van der Waals surface area contributed by atoms with Crippen LogP contribution in [-0.4, -0.2) is 28.3 Å². The van der Waals surface area contributed by atoms with Gasteiger partial charge in [-0.1, -0.05) is 65.3 Å². The number of carbonyl (C=O) groups is 2. The van der Waals surface area contributed by atoms with E-state index in [1.165, 1.54) is 6.42 Å². The summed E-state index contributed by atoms with van der Waals surface area (Å²) in [5.74, 6) is -0.0696. The molecule has 2 N–H and O–H groups in total. The van der Waals surface area contributed by atoms with Crippen LogP contribution < -0.4 is 10.6 Å². The number of carbonyl (C=O) groups excluding carboxylic acids is 2. The zero-order valence-electron chi connectivity index (χ0n) is 12.2. The maximum Gasteiger partial charge on any atom is 0.315 e. The monoisotopic (exact) mass is 400 g/mol. The van der Waals surface area contributed by atoms with Crippen molar-refractivity contribution in [1.29, 1.82) is 0 Å². The van der Waals surface area contributed by atoms with Crippen LogP contribution in [0.3, 0.4) is 0 Å².